The highest BCUT2D eigenvalue weighted by molar-refractivity contribution is 6.33. The highest BCUT2D eigenvalue weighted by atomic mass is 35.5. The van der Waals surface area contributed by atoms with Crippen LogP contribution in [0.15, 0.2) is 66.7 Å². The zero-order valence-electron chi connectivity index (χ0n) is 13.3. The first-order chi connectivity index (χ1) is 11.7. The first kappa shape index (κ1) is 16.3. The van der Waals surface area contributed by atoms with Gasteiger partial charge < -0.3 is 4.74 Å². The van der Waals surface area contributed by atoms with E-state index in [9.17, 15) is 4.79 Å². The quantitative estimate of drug-likeness (QED) is 0.558. The van der Waals surface area contributed by atoms with Gasteiger partial charge in [0.25, 0.3) is 0 Å². The monoisotopic (exact) mass is 336 g/mol. The van der Waals surface area contributed by atoms with Gasteiger partial charge in [-0.25, -0.2) is 0 Å². The van der Waals surface area contributed by atoms with Crippen molar-refractivity contribution in [3.05, 3.63) is 88.4 Å². The number of benzene rings is 3. The fourth-order valence-corrected chi connectivity index (χ4v) is 2.95. The van der Waals surface area contributed by atoms with Gasteiger partial charge in [-0.15, -0.1) is 0 Å². The fourth-order valence-electron chi connectivity index (χ4n) is 2.62. The molecule has 0 heterocycles. The van der Waals surface area contributed by atoms with Crippen LogP contribution >= 0.6 is 11.6 Å². The van der Waals surface area contributed by atoms with Crippen molar-refractivity contribution in [2.75, 3.05) is 0 Å². The van der Waals surface area contributed by atoms with Crippen LogP contribution in [-0.4, -0.2) is 6.29 Å². The minimum atomic E-state index is 0.456. The molecule has 3 aromatic carbocycles. The maximum atomic E-state index is 10.7. The Labute approximate surface area is 146 Å². The van der Waals surface area contributed by atoms with Gasteiger partial charge in [0, 0.05) is 16.1 Å². The number of carbonyl (C=O) groups is 1. The predicted molar refractivity (Wildman–Crippen MR) is 97.8 cm³/mol. The summed E-state index contributed by atoms with van der Waals surface area (Å²) < 4.78 is 5.79. The number of hydrogen-bond donors (Lipinski definition) is 0. The van der Waals surface area contributed by atoms with E-state index in [1.54, 1.807) is 24.3 Å². The van der Waals surface area contributed by atoms with Gasteiger partial charge in [-0.3, -0.25) is 4.79 Å². The molecule has 0 radical (unpaired) electrons. The van der Waals surface area contributed by atoms with Crippen LogP contribution in [0.1, 0.15) is 21.5 Å². The Morgan fingerprint density at radius 1 is 1.00 bits per heavy atom. The fraction of sp³-hybridized carbons (Fsp3) is 0.0952. The van der Waals surface area contributed by atoms with Crippen LogP contribution in [0.4, 0.5) is 0 Å². The molecule has 0 saturated heterocycles. The third kappa shape index (κ3) is 3.66. The van der Waals surface area contributed by atoms with E-state index in [1.165, 1.54) is 0 Å². The molecule has 24 heavy (non-hydrogen) atoms. The first-order valence-electron chi connectivity index (χ1n) is 7.70. The first-order valence-corrected chi connectivity index (χ1v) is 8.07. The minimum absolute atomic E-state index is 0.456. The molecule has 0 fully saturated rings. The lowest BCUT2D eigenvalue weighted by molar-refractivity contribution is 0.112. The summed E-state index contributed by atoms with van der Waals surface area (Å²) in [4.78, 5) is 10.7. The summed E-state index contributed by atoms with van der Waals surface area (Å²) in [5.74, 6) is 0.736. The maximum absolute atomic E-state index is 10.7. The molecule has 0 aliphatic heterocycles. The lowest BCUT2D eigenvalue weighted by Crippen LogP contribution is -1.96. The third-order valence-corrected chi connectivity index (χ3v) is 4.17. The van der Waals surface area contributed by atoms with E-state index in [0.717, 1.165) is 39.3 Å². The smallest absolute Gasteiger partial charge is 0.150 e. The Balaban J connectivity index is 1.79. The lowest BCUT2D eigenvalue weighted by Gasteiger charge is -2.11. The molecular formula is C21H17ClO2. The van der Waals surface area contributed by atoms with E-state index in [0.29, 0.717) is 12.2 Å². The summed E-state index contributed by atoms with van der Waals surface area (Å²) >= 11 is 6.36. The van der Waals surface area contributed by atoms with Crippen molar-refractivity contribution in [2.45, 2.75) is 13.5 Å². The van der Waals surface area contributed by atoms with Crippen molar-refractivity contribution in [1.82, 2.24) is 0 Å². The summed E-state index contributed by atoms with van der Waals surface area (Å²) in [6, 6.07) is 21.2. The predicted octanol–water partition coefficient (Wildman–Crippen LogP) is 5.71. The molecule has 0 bridgehead atoms. The molecule has 0 aliphatic carbocycles. The van der Waals surface area contributed by atoms with Gasteiger partial charge in [0.15, 0.2) is 0 Å². The molecule has 3 aromatic rings. The Morgan fingerprint density at radius 3 is 2.46 bits per heavy atom. The molecule has 0 aromatic heterocycles. The Morgan fingerprint density at radius 2 is 1.75 bits per heavy atom. The largest absolute Gasteiger partial charge is 0.489 e. The number of aldehydes is 1. The number of carbonyl (C=O) groups excluding carboxylic acids is 1. The molecule has 0 saturated carbocycles. The van der Waals surface area contributed by atoms with E-state index < -0.39 is 0 Å². The number of halogens is 1. The SMILES string of the molecule is Cc1cccc(Cl)c1-c1cccc(COc2ccc(C=O)cc2)c1. The van der Waals surface area contributed by atoms with Crippen molar-refractivity contribution in [2.24, 2.45) is 0 Å². The van der Waals surface area contributed by atoms with Crippen LogP contribution in [-0.2, 0) is 6.61 Å². The Hall–Kier alpha value is -2.58. The second kappa shape index (κ2) is 7.33. The standard InChI is InChI=1S/C21H17ClO2/c1-15-4-2-7-20(22)21(15)18-6-3-5-17(12-18)14-24-19-10-8-16(13-23)9-11-19/h2-13H,14H2,1H3. The highest BCUT2D eigenvalue weighted by Crippen LogP contribution is 2.31. The van der Waals surface area contributed by atoms with E-state index in [-0.39, 0.29) is 0 Å². The number of aryl methyl sites for hydroxylation is 1. The van der Waals surface area contributed by atoms with Gasteiger partial charge >= 0.3 is 0 Å². The molecule has 0 N–H and O–H groups in total. The molecule has 0 spiro atoms. The van der Waals surface area contributed by atoms with Crippen molar-refractivity contribution in [3.63, 3.8) is 0 Å². The zero-order chi connectivity index (χ0) is 16.9. The minimum Gasteiger partial charge on any atom is -0.489 e. The van der Waals surface area contributed by atoms with E-state index >= 15 is 0 Å². The molecule has 0 aliphatic rings. The van der Waals surface area contributed by atoms with Gasteiger partial charge in [-0.2, -0.15) is 0 Å². The molecule has 3 heteroatoms. The van der Waals surface area contributed by atoms with Crippen LogP contribution in [0.25, 0.3) is 11.1 Å². The van der Waals surface area contributed by atoms with Crippen molar-refractivity contribution >= 4 is 17.9 Å². The molecular weight excluding hydrogens is 320 g/mol. The van der Waals surface area contributed by atoms with Crippen molar-refractivity contribution < 1.29 is 9.53 Å². The number of rotatable bonds is 5. The number of hydrogen-bond acceptors (Lipinski definition) is 2. The summed E-state index contributed by atoms with van der Waals surface area (Å²) in [5, 5.41) is 0.748. The second-order valence-corrected chi connectivity index (χ2v) is 6.01. The van der Waals surface area contributed by atoms with Gasteiger partial charge in [0.2, 0.25) is 0 Å². The number of ether oxygens (including phenoxy) is 1. The van der Waals surface area contributed by atoms with Crippen molar-refractivity contribution in [3.8, 4) is 16.9 Å². The van der Waals surface area contributed by atoms with Gasteiger partial charge in [-0.05, 0) is 60.0 Å². The lowest BCUT2D eigenvalue weighted by atomic mass is 9.99. The van der Waals surface area contributed by atoms with Crippen LogP contribution in [0.5, 0.6) is 5.75 Å². The average molecular weight is 337 g/mol. The van der Waals surface area contributed by atoms with Gasteiger partial charge in [0.05, 0.1) is 0 Å². The summed E-state index contributed by atoms with van der Waals surface area (Å²) in [6.45, 7) is 2.51. The topological polar surface area (TPSA) is 26.3 Å². The normalized spacial score (nSPS) is 10.4. The van der Waals surface area contributed by atoms with Crippen LogP contribution < -0.4 is 4.74 Å². The average Bonchev–Trinajstić information content (AvgIpc) is 2.61. The highest BCUT2D eigenvalue weighted by Gasteiger charge is 2.07. The van der Waals surface area contributed by atoms with Crippen LogP contribution in [0, 0.1) is 6.92 Å². The summed E-state index contributed by atoms with van der Waals surface area (Å²) in [7, 11) is 0. The zero-order valence-corrected chi connectivity index (χ0v) is 14.1. The van der Waals surface area contributed by atoms with Crippen LogP contribution in [0.3, 0.4) is 0 Å². The summed E-state index contributed by atoms with van der Waals surface area (Å²) in [6.07, 6.45) is 0.819. The Bertz CT molecular complexity index is 834. The van der Waals surface area contributed by atoms with E-state index in [1.807, 2.05) is 24.3 Å². The maximum Gasteiger partial charge on any atom is 0.150 e. The van der Waals surface area contributed by atoms with E-state index in [2.05, 4.69) is 25.1 Å². The molecule has 2 nitrogen and oxygen atoms in total. The second-order valence-electron chi connectivity index (χ2n) is 5.61. The molecule has 0 amide bonds. The van der Waals surface area contributed by atoms with Crippen LogP contribution in [0.2, 0.25) is 5.02 Å². The molecule has 0 atom stereocenters. The third-order valence-electron chi connectivity index (χ3n) is 3.86. The Kier molecular flexibility index (Phi) is 4.97. The molecule has 0 unspecified atom stereocenters. The van der Waals surface area contributed by atoms with Gasteiger partial charge in [-0.1, -0.05) is 41.9 Å². The van der Waals surface area contributed by atoms with Gasteiger partial charge in [0.1, 0.15) is 18.6 Å². The summed E-state index contributed by atoms with van der Waals surface area (Å²) in [5.41, 5.74) is 4.97. The molecule has 120 valence electrons. The van der Waals surface area contributed by atoms with E-state index in [4.69, 9.17) is 16.3 Å². The molecule has 3 rings (SSSR count). The van der Waals surface area contributed by atoms with Crippen molar-refractivity contribution in [1.29, 1.82) is 0 Å².